The van der Waals surface area contributed by atoms with Gasteiger partial charge in [0.25, 0.3) is 5.56 Å². The van der Waals surface area contributed by atoms with E-state index in [0.29, 0.717) is 5.92 Å². The molecule has 1 aliphatic heterocycles. The van der Waals surface area contributed by atoms with Crippen molar-refractivity contribution in [1.29, 1.82) is 0 Å². The predicted octanol–water partition coefficient (Wildman–Crippen LogP) is 2.61. The van der Waals surface area contributed by atoms with Crippen molar-refractivity contribution in [3.8, 4) is 11.5 Å². The van der Waals surface area contributed by atoms with Crippen molar-refractivity contribution >= 4 is 21.6 Å². The van der Waals surface area contributed by atoms with Crippen LogP contribution in [-0.4, -0.2) is 23.8 Å². The maximum absolute atomic E-state index is 12.9. The van der Waals surface area contributed by atoms with Gasteiger partial charge in [0.2, 0.25) is 6.79 Å². The Kier molecular flexibility index (Phi) is 4.59. The first-order chi connectivity index (χ1) is 14.0. The summed E-state index contributed by atoms with van der Waals surface area (Å²) in [5.74, 6) is 3.04. The van der Waals surface area contributed by atoms with Crippen LogP contribution in [0.15, 0.2) is 23.0 Å². The van der Waals surface area contributed by atoms with E-state index in [4.69, 9.17) is 14.5 Å². The molecule has 0 saturated carbocycles. The number of nitrogens with one attached hydrogen (secondary N) is 2. The molecule has 1 aromatic carbocycles. The number of thiophene rings is 1. The molecule has 6 nitrogen and oxygen atoms in total. The largest absolute Gasteiger partial charge is 0.454 e. The average molecular weight is 413 g/mol. The Bertz CT molecular complexity index is 1140. The van der Waals surface area contributed by atoms with Crippen LogP contribution in [0, 0.1) is 5.92 Å². The van der Waals surface area contributed by atoms with Crippen LogP contribution in [-0.2, 0) is 19.4 Å². The first-order valence-corrected chi connectivity index (χ1v) is 11.1. The van der Waals surface area contributed by atoms with Gasteiger partial charge in [0, 0.05) is 10.4 Å². The SMILES string of the molecule is CC1CCc2c(sc3nc(C(C)[NH+](C)Cc4ccc5c(c4)OCO5)[nH]c(=O)c23)C1. The lowest BCUT2D eigenvalue weighted by molar-refractivity contribution is -0.924. The molecule has 0 spiro atoms. The number of quaternary nitrogens is 1. The summed E-state index contributed by atoms with van der Waals surface area (Å²) in [5, 5.41) is 0.821. The molecule has 29 heavy (non-hydrogen) atoms. The fraction of sp³-hybridized carbons (Fsp3) is 0.455. The molecule has 0 radical (unpaired) electrons. The molecule has 3 aromatic rings. The third kappa shape index (κ3) is 3.32. The maximum Gasteiger partial charge on any atom is 0.260 e. The molecule has 2 aromatic heterocycles. The van der Waals surface area contributed by atoms with E-state index in [9.17, 15) is 4.79 Å². The number of hydrogen-bond acceptors (Lipinski definition) is 5. The molecule has 7 heteroatoms. The number of fused-ring (bicyclic) bond motifs is 4. The highest BCUT2D eigenvalue weighted by Gasteiger charge is 2.26. The van der Waals surface area contributed by atoms with Crippen molar-refractivity contribution in [2.45, 2.75) is 45.7 Å². The van der Waals surface area contributed by atoms with Crippen LogP contribution in [0.1, 0.15) is 48.1 Å². The number of benzene rings is 1. The summed E-state index contributed by atoms with van der Waals surface area (Å²) in [7, 11) is 2.13. The van der Waals surface area contributed by atoms with Crippen molar-refractivity contribution in [2.75, 3.05) is 13.8 Å². The molecule has 152 valence electrons. The van der Waals surface area contributed by atoms with Crippen LogP contribution in [0.3, 0.4) is 0 Å². The average Bonchev–Trinajstić information content (AvgIpc) is 3.30. The molecule has 3 atom stereocenters. The van der Waals surface area contributed by atoms with E-state index in [1.54, 1.807) is 11.3 Å². The minimum atomic E-state index is 0.0137. The van der Waals surface area contributed by atoms with Crippen molar-refractivity contribution in [3.05, 3.63) is 50.4 Å². The third-order valence-corrected chi connectivity index (χ3v) is 7.40. The van der Waals surface area contributed by atoms with Gasteiger partial charge >= 0.3 is 0 Å². The predicted molar refractivity (Wildman–Crippen MR) is 113 cm³/mol. The molecule has 2 aliphatic rings. The molecule has 0 fully saturated rings. The number of ether oxygens (including phenoxy) is 2. The second-order valence-corrected chi connectivity index (χ2v) is 9.50. The highest BCUT2D eigenvalue weighted by Crippen LogP contribution is 2.36. The van der Waals surface area contributed by atoms with E-state index >= 15 is 0 Å². The Labute approximate surface area is 173 Å². The Hall–Kier alpha value is -2.38. The normalized spacial score (nSPS) is 19.9. The second kappa shape index (κ2) is 7.15. The quantitative estimate of drug-likeness (QED) is 0.691. The van der Waals surface area contributed by atoms with Gasteiger partial charge in [-0.25, -0.2) is 4.98 Å². The second-order valence-electron chi connectivity index (χ2n) is 8.42. The van der Waals surface area contributed by atoms with Crippen LogP contribution < -0.4 is 19.9 Å². The number of nitrogens with zero attached hydrogens (tertiary/aromatic N) is 1. The Morgan fingerprint density at radius 1 is 1.34 bits per heavy atom. The zero-order chi connectivity index (χ0) is 20.1. The summed E-state index contributed by atoms with van der Waals surface area (Å²) in [6.45, 7) is 5.49. The molecular weight excluding hydrogens is 386 g/mol. The minimum absolute atomic E-state index is 0.0137. The Balaban J connectivity index is 1.41. The van der Waals surface area contributed by atoms with E-state index < -0.39 is 0 Å². The van der Waals surface area contributed by atoms with Crippen LogP contribution in [0.4, 0.5) is 0 Å². The van der Waals surface area contributed by atoms with Gasteiger partial charge in [-0.3, -0.25) is 4.79 Å². The number of aryl methyl sites for hydroxylation is 1. The summed E-state index contributed by atoms with van der Waals surface area (Å²) in [4.78, 5) is 24.4. The van der Waals surface area contributed by atoms with Crippen LogP contribution in [0.2, 0.25) is 0 Å². The number of hydrogen-bond donors (Lipinski definition) is 2. The van der Waals surface area contributed by atoms with E-state index in [1.807, 2.05) is 12.1 Å². The molecule has 3 heterocycles. The lowest BCUT2D eigenvalue weighted by Gasteiger charge is -2.21. The van der Waals surface area contributed by atoms with E-state index in [0.717, 1.165) is 53.3 Å². The van der Waals surface area contributed by atoms with Gasteiger partial charge in [-0.05, 0) is 55.9 Å². The van der Waals surface area contributed by atoms with Gasteiger partial charge in [0.1, 0.15) is 17.4 Å². The molecular formula is C22H26N3O3S+. The molecule has 2 N–H and O–H groups in total. The zero-order valence-electron chi connectivity index (χ0n) is 17.0. The van der Waals surface area contributed by atoms with Gasteiger partial charge in [-0.2, -0.15) is 0 Å². The molecule has 0 bridgehead atoms. The highest BCUT2D eigenvalue weighted by molar-refractivity contribution is 7.18. The number of aromatic nitrogens is 2. The first kappa shape index (κ1) is 18.6. The Morgan fingerprint density at radius 3 is 3.03 bits per heavy atom. The summed E-state index contributed by atoms with van der Waals surface area (Å²) in [6, 6.07) is 6.12. The highest BCUT2D eigenvalue weighted by atomic mass is 32.1. The molecule has 0 saturated heterocycles. The summed E-state index contributed by atoms with van der Waals surface area (Å²) >= 11 is 1.71. The van der Waals surface area contributed by atoms with Crippen LogP contribution in [0.25, 0.3) is 10.2 Å². The molecule has 3 unspecified atom stereocenters. The van der Waals surface area contributed by atoms with E-state index in [2.05, 4.69) is 31.9 Å². The number of aromatic amines is 1. The van der Waals surface area contributed by atoms with Gasteiger partial charge < -0.3 is 19.4 Å². The molecule has 1 aliphatic carbocycles. The van der Waals surface area contributed by atoms with Gasteiger partial charge in [-0.15, -0.1) is 11.3 Å². The van der Waals surface area contributed by atoms with Crippen molar-refractivity contribution < 1.29 is 14.4 Å². The topological polar surface area (TPSA) is 68.7 Å². The standard InChI is InChI=1S/C22H25N3O3S/c1-12-4-6-15-18(8-12)29-22-19(15)21(26)23-20(24-22)13(2)25(3)10-14-5-7-16-17(9-14)28-11-27-16/h5,7,9,12-13H,4,6,8,10-11H2,1-3H3,(H,23,24,26)/p+1. The van der Waals surface area contributed by atoms with E-state index in [1.165, 1.54) is 20.9 Å². The summed E-state index contributed by atoms with van der Waals surface area (Å²) in [6.07, 6.45) is 3.21. The lowest BCUT2D eigenvalue weighted by Crippen LogP contribution is -3.07. The maximum atomic E-state index is 12.9. The number of H-pyrrole nitrogens is 1. The van der Waals surface area contributed by atoms with Crippen LogP contribution >= 0.6 is 11.3 Å². The fourth-order valence-electron chi connectivity index (χ4n) is 4.33. The third-order valence-electron chi connectivity index (χ3n) is 6.25. The summed E-state index contributed by atoms with van der Waals surface area (Å²) in [5.41, 5.74) is 2.42. The monoisotopic (exact) mass is 412 g/mol. The molecule has 0 amide bonds. The minimum Gasteiger partial charge on any atom is -0.454 e. The van der Waals surface area contributed by atoms with Gasteiger partial charge in [0.15, 0.2) is 17.3 Å². The van der Waals surface area contributed by atoms with Crippen molar-refractivity contribution in [2.24, 2.45) is 5.92 Å². The lowest BCUT2D eigenvalue weighted by atomic mass is 9.89. The fourth-order valence-corrected chi connectivity index (χ4v) is 5.72. The first-order valence-electron chi connectivity index (χ1n) is 10.2. The molecule has 5 rings (SSSR count). The Morgan fingerprint density at radius 2 is 2.17 bits per heavy atom. The smallest absolute Gasteiger partial charge is 0.260 e. The summed E-state index contributed by atoms with van der Waals surface area (Å²) < 4.78 is 10.9. The van der Waals surface area contributed by atoms with E-state index in [-0.39, 0.29) is 18.4 Å². The van der Waals surface area contributed by atoms with Crippen LogP contribution in [0.5, 0.6) is 11.5 Å². The van der Waals surface area contributed by atoms with Crippen molar-refractivity contribution in [1.82, 2.24) is 9.97 Å². The van der Waals surface area contributed by atoms with Crippen molar-refractivity contribution in [3.63, 3.8) is 0 Å². The van der Waals surface area contributed by atoms with Gasteiger partial charge in [-0.1, -0.05) is 6.92 Å². The van der Waals surface area contributed by atoms with Gasteiger partial charge in [0.05, 0.1) is 12.4 Å². The number of rotatable bonds is 4. The zero-order valence-corrected chi connectivity index (χ0v) is 17.8.